The molecule has 2 aliphatic heterocycles. The third-order valence-corrected chi connectivity index (χ3v) is 7.25. The van der Waals surface area contributed by atoms with Gasteiger partial charge in [-0.3, -0.25) is 19.4 Å². The molecule has 1 aromatic heterocycles. The lowest BCUT2D eigenvalue weighted by Crippen LogP contribution is -2.52. The van der Waals surface area contributed by atoms with E-state index in [-0.39, 0.29) is 23.8 Å². The number of aliphatic imine (C=N–C) groups is 1. The van der Waals surface area contributed by atoms with Crippen LogP contribution in [0.2, 0.25) is 0 Å². The first-order chi connectivity index (χ1) is 17.0. The number of fused-ring (bicyclic) bond motifs is 5. The Hall–Kier alpha value is -3.94. The smallest absolute Gasteiger partial charge is 0.267 e. The first kappa shape index (κ1) is 21.6. The summed E-state index contributed by atoms with van der Waals surface area (Å²) >= 11 is 0. The summed E-state index contributed by atoms with van der Waals surface area (Å²) in [5, 5.41) is 8.29. The van der Waals surface area contributed by atoms with Gasteiger partial charge in [0.05, 0.1) is 12.1 Å². The number of hydrogen-bond acceptors (Lipinski definition) is 6. The maximum atomic E-state index is 13.6. The van der Waals surface area contributed by atoms with E-state index in [1.807, 2.05) is 59.3 Å². The number of anilines is 3. The maximum absolute atomic E-state index is 13.6. The lowest BCUT2D eigenvalue weighted by atomic mass is 10.1. The maximum Gasteiger partial charge on any atom is 0.267 e. The molecule has 3 aromatic rings. The second-order valence-corrected chi connectivity index (χ2v) is 9.49. The van der Waals surface area contributed by atoms with Crippen molar-refractivity contribution in [2.45, 2.75) is 51.2 Å². The molecule has 0 bridgehead atoms. The number of aryl methyl sites for hydroxylation is 2. The van der Waals surface area contributed by atoms with Gasteiger partial charge in [0, 0.05) is 24.8 Å². The minimum Gasteiger partial charge on any atom is -0.338 e. The number of hydrogen-bond donors (Lipinski definition) is 1. The van der Waals surface area contributed by atoms with Gasteiger partial charge in [0.15, 0.2) is 11.6 Å². The van der Waals surface area contributed by atoms with Gasteiger partial charge in [0.2, 0.25) is 5.96 Å². The van der Waals surface area contributed by atoms with Gasteiger partial charge in [-0.25, -0.2) is 9.67 Å². The van der Waals surface area contributed by atoms with Gasteiger partial charge in [0.1, 0.15) is 11.4 Å². The molecule has 35 heavy (non-hydrogen) atoms. The number of Topliss-reactive ketones (excluding diaryl/α,β-unsaturated/α-hetero) is 1. The summed E-state index contributed by atoms with van der Waals surface area (Å²) in [4.78, 5) is 34.1. The Morgan fingerprint density at radius 3 is 2.60 bits per heavy atom. The van der Waals surface area contributed by atoms with Crippen molar-refractivity contribution in [2.75, 3.05) is 17.3 Å². The first-order valence-electron chi connectivity index (χ1n) is 12.2. The normalized spacial score (nSPS) is 20.4. The molecule has 1 aliphatic carbocycles. The third-order valence-electron chi connectivity index (χ3n) is 7.25. The highest BCUT2D eigenvalue weighted by atomic mass is 16.2. The van der Waals surface area contributed by atoms with Crippen LogP contribution in [0.25, 0.3) is 0 Å². The van der Waals surface area contributed by atoms with E-state index in [4.69, 9.17) is 10.1 Å². The van der Waals surface area contributed by atoms with Crippen LogP contribution in [0.4, 0.5) is 17.3 Å². The molecule has 0 unspecified atom stereocenters. The summed E-state index contributed by atoms with van der Waals surface area (Å²) in [6, 6.07) is 18.0. The molecule has 1 N–H and O–H groups in total. The summed E-state index contributed by atoms with van der Waals surface area (Å²) in [5.41, 5.74) is 3.30. The number of benzene rings is 2. The van der Waals surface area contributed by atoms with Gasteiger partial charge in [-0.1, -0.05) is 42.5 Å². The van der Waals surface area contributed by atoms with Crippen LogP contribution in [0.15, 0.2) is 59.6 Å². The van der Waals surface area contributed by atoms with E-state index in [0.717, 1.165) is 48.7 Å². The molecule has 1 fully saturated rings. The van der Waals surface area contributed by atoms with E-state index < -0.39 is 0 Å². The van der Waals surface area contributed by atoms with E-state index >= 15 is 0 Å². The summed E-state index contributed by atoms with van der Waals surface area (Å²) in [6.07, 6.45) is 3.98. The van der Waals surface area contributed by atoms with Crippen molar-refractivity contribution < 1.29 is 9.59 Å². The van der Waals surface area contributed by atoms with Crippen molar-refractivity contribution in [3.8, 4) is 0 Å². The fourth-order valence-corrected chi connectivity index (χ4v) is 5.43. The average Bonchev–Trinajstić information content (AvgIpc) is 3.55. The molecule has 178 valence electrons. The second-order valence-electron chi connectivity index (χ2n) is 9.49. The molecule has 3 heterocycles. The van der Waals surface area contributed by atoms with Crippen molar-refractivity contribution in [3.63, 3.8) is 0 Å². The number of carbonyl (C=O) groups is 2. The summed E-state index contributed by atoms with van der Waals surface area (Å²) in [7, 11) is 1.80. The van der Waals surface area contributed by atoms with Gasteiger partial charge in [-0.2, -0.15) is 5.10 Å². The monoisotopic (exact) mass is 468 g/mol. The van der Waals surface area contributed by atoms with Crippen molar-refractivity contribution >= 4 is 35.0 Å². The molecule has 0 spiro atoms. The molecule has 8 heteroatoms. The van der Waals surface area contributed by atoms with Gasteiger partial charge in [-0.15, -0.1) is 0 Å². The van der Waals surface area contributed by atoms with Gasteiger partial charge >= 0.3 is 0 Å². The Morgan fingerprint density at radius 1 is 1.09 bits per heavy atom. The number of rotatable bonds is 6. The topological polar surface area (TPSA) is 82.8 Å². The molecule has 1 saturated carbocycles. The molecule has 0 radical (unpaired) electrons. The predicted molar refractivity (Wildman–Crippen MR) is 136 cm³/mol. The highest BCUT2D eigenvalue weighted by Crippen LogP contribution is 2.43. The Morgan fingerprint density at radius 2 is 1.86 bits per heavy atom. The third kappa shape index (κ3) is 3.60. The predicted octanol–water partition coefficient (Wildman–Crippen LogP) is 4.25. The molecule has 1 amide bonds. The molecule has 2 atom stereocenters. The van der Waals surface area contributed by atoms with E-state index in [1.54, 1.807) is 18.9 Å². The zero-order chi connectivity index (χ0) is 24.1. The Labute approximate surface area is 204 Å². The molecule has 3 aliphatic rings. The first-order valence-corrected chi connectivity index (χ1v) is 12.2. The summed E-state index contributed by atoms with van der Waals surface area (Å²) in [5.74, 6) is 2.10. The van der Waals surface area contributed by atoms with Crippen LogP contribution in [0.1, 0.15) is 52.5 Å². The average molecular weight is 469 g/mol. The van der Waals surface area contributed by atoms with Crippen molar-refractivity contribution in [3.05, 3.63) is 71.3 Å². The number of aromatic nitrogens is 2. The van der Waals surface area contributed by atoms with Crippen LogP contribution >= 0.6 is 0 Å². The van der Waals surface area contributed by atoms with Crippen LogP contribution in [-0.2, 0) is 13.0 Å². The number of ketones is 1. The quantitative estimate of drug-likeness (QED) is 0.547. The number of nitrogens with one attached hydrogen (secondary N) is 1. The Bertz CT molecular complexity index is 1330. The van der Waals surface area contributed by atoms with Crippen molar-refractivity contribution in [2.24, 2.45) is 4.99 Å². The molecular formula is C27H28N6O2. The van der Waals surface area contributed by atoms with Crippen LogP contribution in [0, 0.1) is 0 Å². The number of amides is 1. The standard InChI is InChI=1S/C27H28N6O2/c1-17(34)19-13-11-18(12-14-19)15-16-32-25-23(24(30-32)28-20-7-4-3-5-8-20)26(35)31(2)27-29-21-9-6-10-22(21)33(25)27/h3-5,7-8,11-14,21-22H,6,9-10,15-16H2,1-2H3,(H,28,30)/t21-,22+/m1/s1. The number of nitrogens with zero attached hydrogens (tertiary/aromatic N) is 5. The van der Waals surface area contributed by atoms with Crippen LogP contribution in [0.5, 0.6) is 0 Å². The van der Waals surface area contributed by atoms with E-state index in [1.165, 1.54) is 0 Å². The minimum atomic E-state index is -0.0922. The second kappa shape index (κ2) is 8.37. The van der Waals surface area contributed by atoms with Crippen molar-refractivity contribution in [1.29, 1.82) is 0 Å². The highest BCUT2D eigenvalue weighted by molar-refractivity contribution is 6.21. The lowest BCUT2D eigenvalue weighted by molar-refractivity contribution is 0.0865. The van der Waals surface area contributed by atoms with Crippen LogP contribution in [0.3, 0.4) is 0 Å². The van der Waals surface area contributed by atoms with E-state index in [9.17, 15) is 9.59 Å². The summed E-state index contributed by atoms with van der Waals surface area (Å²) < 4.78 is 1.96. The van der Waals surface area contributed by atoms with Gasteiger partial charge < -0.3 is 5.32 Å². The van der Waals surface area contributed by atoms with Crippen LogP contribution in [-0.4, -0.2) is 51.5 Å². The zero-order valence-electron chi connectivity index (χ0n) is 19.9. The Balaban J connectivity index is 1.40. The molecule has 0 saturated heterocycles. The zero-order valence-corrected chi connectivity index (χ0v) is 19.9. The van der Waals surface area contributed by atoms with E-state index in [0.29, 0.717) is 23.5 Å². The molecule has 2 aromatic carbocycles. The lowest BCUT2D eigenvalue weighted by Gasteiger charge is -2.35. The van der Waals surface area contributed by atoms with Gasteiger partial charge in [-0.05, 0) is 50.3 Å². The SMILES string of the molecule is CC(=O)c1ccc(CCn2nc(Nc3ccccc3)c3c2N2C(=N[C@@H]4CCC[C@@H]42)N(C)C3=O)cc1. The molecule has 6 rings (SSSR count). The minimum absolute atomic E-state index is 0.0592. The number of guanidine groups is 1. The van der Waals surface area contributed by atoms with Crippen LogP contribution < -0.4 is 10.2 Å². The Kier molecular flexibility index (Phi) is 5.16. The summed E-state index contributed by atoms with van der Waals surface area (Å²) in [6.45, 7) is 2.18. The number of carbonyl (C=O) groups excluding carboxylic acids is 2. The molecular weight excluding hydrogens is 440 g/mol. The highest BCUT2D eigenvalue weighted by Gasteiger charge is 2.49. The fourth-order valence-electron chi connectivity index (χ4n) is 5.43. The number of para-hydroxylation sites is 1. The van der Waals surface area contributed by atoms with Crippen molar-refractivity contribution in [1.82, 2.24) is 14.7 Å². The fraction of sp³-hybridized carbons (Fsp3) is 0.333. The van der Waals surface area contributed by atoms with E-state index in [2.05, 4.69) is 10.2 Å². The largest absolute Gasteiger partial charge is 0.338 e. The van der Waals surface area contributed by atoms with Gasteiger partial charge in [0.25, 0.3) is 5.91 Å². The molecule has 8 nitrogen and oxygen atoms in total.